The molecule has 0 heteroatoms. The topological polar surface area (TPSA) is 0 Å². The Labute approximate surface area is 128 Å². The molecule has 0 aliphatic rings. The minimum absolute atomic E-state index is 1.16. The van der Waals surface area contributed by atoms with E-state index in [1.165, 1.54) is 64.2 Å². The van der Waals surface area contributed by atoms with Crippen molar-refractivity contribution in [2.24, 2.45) is 0 Å². The van der Waals surface area contributed by atoms with Gasteiger partial charge in [-0.1, -0.05) is 55.6 Å². The van der Waals surface area contributed by atoms with Crippen LogP contribution in [-0.4, -0.2) is 0 Å². The number of hydrogen-bond donors (Lipinski definition) is 0. The maximum absolute atomic E-state index is 3.76. The molecular weight excluding hydrogens is 240 g/mol. The molecule has 0 atom stereocenters. The SMILES string of the molecule is C=CCCCCC=C(C)CCC(C)=CCCCCCC. The summed E-state index contributed by atoms with van der Waals surface area (Å²) in [5.41, 5.74) is 3.13. The predicted octanol–water partition coefficient (Wildman–Crippen LogP) is 7.38. The Balaban J connectivity index is 3.64. The highest BCUT2D eigenvalue weighted by Gasteiger charge is 1.94. The third-order valence-electron chi connectivity index (χ3n) is 3.82. The van der Waals surface area contributed by atoms with Gasteiger partial charge in [0.1, 0.15) is 0 Å². The van der Waals surface area contributed by atoms with Gasteiger partial charge in [0.25, 0.3) is 0 Å². The lowest BCUT2D eigenvalue weighted by molar-refractivity contribution is 0.672. The fourth-order valence-electron chi connectivity index (χ4n) is 2.30. The van der Waals surface area contributed by atoms with Crippen molar-refractivity contribution in [3.8, 4) is 0 Å². The van der Waals surface area contributed by atoms with E-state index in [1.54, 1.807) is 11.1 Å². The van der Waals surface area contributed by atoms with Gasteiger partial charge < -0.3 is 0 Å². The van der Waals surface area contributed by atoms with Crippen molar-refractivity contribution in [1.82, 2.24) is 0 Å². The second-order valence-corrected chi connectivity index (χ2v) is 6.02. The maximum atomic E-state index is 3.76. The Morgan fingerprint density at radius 3 is 1.75 bits per heavy atom. The van der Waals surface area contributed by atoms with Gasteiger partial charge in [-0.15, -0.1) is 6.58 Å². The third kappa shape index (κ3) is 13.6. The highest BCUT2D eigenvalue weighted by atomic mass is 14.0. The Morgan fingerprint density at radius 1 is 0.750 bits per heavy atom. The molecule has 20 heavy (non-hydrogen) atoms. The molecule has 0 aromatic heterocycles. The minimum Gasteiger partial charge on any atom is -0.103 e. The molecule has 0 radical (unpaired) electrons. The second kappa shape index (κ2) is 14.6. The molecule has 0 rings (SSSR count). The van der Waals surface area contributed by atoms with Crippen LogP contribution in [0, 0.1) is 0 Å². The van der Waals surface area contributed by atoms with Gasteiger partial charge in [-0.2, -0.15) is 0 Å². The molecule has 0 aliphatic heterocycles. The summed E-state index contributed by atoms with van der Waals surface area (Å²) in [4.78, 5) is 0. The fraction of sp³-hybridized carbons (Fsp3) is 0.700. The molecule has 0 nitrogen and oxygen atoms in total. The zero-order valence-electron chi connectivity index (χ0n) is 14.2. The molecule has 0 N–H and O–H groups in total. The molecule has 0 saturated carbocycles. The summed E-state index contributed by atoms with van der Waals surface area (Å²) in [6.07, 6.45) is 21.1. The van der Waals surface area contributed by atoms with Crippen LogP contribution >= 0.6 is 0 Å². The van der Waals surface area contributed by atoms with Crippen LogP contribution in [0.4, 0.5) is 0 Å². The zero-order chi connectivity index (χ0) is 15.1. The first-order valence-electron chi connectivity index (χ1n) is 8.62. The molecule has 0 aromatic rings. The van der Waals surface area contributed by atoms with Crippen LogP contribution in [0.1, 0.15) is 91.4 Å². The molecular formula is C20H36. The van der Waals surface area contributed by atoms with E-state index in [0.29, 0.717) is 0 Å². The van der Waals surface area contributed by atoms with Gasteiger partial charge in [0.15, 0.2) is 0 Å². The lowest BCUT2D eigenvalue weighted by Gasteiger charge is -2.03. The minimum atomic E-state index is 1.16. The highest BCUT2D eigenvalue weighted by molar-refractivity contribution is 5.05. The number of allylic oxidation sites excluding steroid dienone is 5. The van der Waals surface area contributed by atoms with Crippen LogP contribution in [0.25, 0.3) is 0 Å². The van der Waals surface area contributed by atoms with Crippen molar-refractivity contribution in [3.05, 3.63) is 36.0 Å². The largest absolute Gasteiger partial charge is 0.103 e. The monoisotopic (exact) mass is 276 g/mol. The van der Waals surface area contributed by atoms with E-state index < -0.39 is 0 Å². The lowest BCUT2D eigenvalue weighted by atomic mass is 10.0. The van der Waals surface area contributed by atoms with Crippen molar-refractivity contribution >= 4 is 0 Å². The first kappa shape index (κ1) is 19.2. The summed E-state index contributed by atoms with van der Waals surface area (Å²) in [6.45, 7) is 10.6. The normalized spacial score (nSPS) is 12.8. The van der Waals surface area contributed by atoms with Crippen LogP contribution in [0.5, 0.6) is 0 Å². The van der Waals surface area contributed by atoms with Gasteiger partial charge in [-0.25, -0.2) is 0 Å². The molecule has 0 bridgehead atoms. The smallest absolute Gasteiger partial charge is 0.0286 e. The lowest BCUT2D eigenvalue weighted by Crippen LogP contribution is -1.83. The molecule has 0 aromatic carbocycles. The van der Waals surface area contributed by atoms with E-state index in [1.807, 2.05) is 6.08 Å². The number of unbranched alkanes of at least 4 members (excludes halogenated alkanes) is 7. The summed E-state index contributed by atoms with van der Waals surface area (Å²) >= 11 is 0. The Kier molecular flexibility index (Phi) is 14.1. The van der Waals surface area contributed by atoms with Gasteiger partial charge >= 0.3 is 0 Å². The molecule has 0 saturated heterocycles. The summed E-state index contributed by atoms with van der Waals surface area (Å²) in [5, 5.41) is 0. The van der Waals surface area contributed by atoms with Crippen molar-refractivity contribution in [3.63, 3.8) is 0 Å². The average molecular weight is 277 g/mol. The molecule has 0 aliphatic carbocycles. The maximum Gasteiger partial charge on any atom is -0.0286 e. The first-order chi connectivity index (χ1) is 9.70. The fourth-order valence-corrected chi connectivity index (χ4v) is 2.30. The summed E-state index contributed by atoms with van der Waals surface area (Å²) < 4.78 is 0. The van der Waals surface area contributed by atoms with Gasteiger partial charge in [-0.05, 0) is 65.2 Å². The van der Waals surface area contributed by atoms with Crippen molar-refractivity contribution < 1.29 is 0 Å². The quantitative estimate of drug-likeness (QED) is 0.243. The van der Waals surface area contributed by atoms with Gasteiger partial charge in [0.05, 0.1) is 0 Å². The van der Waals surface area contributed by atoms with Crippen LogP contribution in [0.15, 0.2) is 36.0 Å². The average Bonchev–Trinajstić information content (AvgIpc) is 2.44. The van der Waals surface area contributed by atoms with Gasteiger partial charge in [0, 0.05) is 0 Å². The molecule has 0 heterocycles. The zero-order valence-corrected chi connectivity index (χ0v) is 14.2. The van der Waals surface area contributed by atoms with E-state index in [4.69, 9.17) is 0 Å². The second-order valence-electron chi connectivity index (χ2n) is 6.02. The van der Waals surface area contributed by atoms with E-state index in [-0.39, 0.29) is 0 Å². The standard InChI is InChI=1S/C20H36/c1-5-7-9-11-13-15-19(3)17-18-20(4)16-14-12-10-8-6-2/h5,15-16H,1,6-14,17-18H2,2-4H3. The van der Waals surface area contributed by atoms with E-state index in [9.17, 15) is 0 Å². The first-order valence-corrected chi connectivity index (χ1v) is 8.62. The highest BCUT2D eigenvalue weighted by Crippen LogP contribution is 2.14. The van der Waals surface area contributed by atoms with Crippen LogP contribution in [0.2, 0.25) is 0 Å². The van der Waals surface area contributed by atoms with E-state index in [0.717, 1.165) is 6.42 Å². The Morgan fingerprint density at radius 2 is 1.25 bits per heavy atom. The van der Waals surface area contributed by atoms with Gasteiger partial charge in [-0.3, -0.25) is 0 Å². The number of rotatable bonds is 13. The summed E-state index contributed by atoms with van der Waals surface area (Å²) in [7, 11) is 0. The van der Waals surface area contributed by atoms with Crippen LogP contribution < -0.4 is 0 Å². The van der Waals surface area contributed by atoms with Crippen molar-refractivity contribution in [2.45, 2.75) is 91.4 Å². The van der Waals surface area contributed by atoms with Crippen molar-refractivity contribution in [1.29, 1.82) is 0 Å². The Hall–Kier alpha value is -0.780. The molecule has 0 spiro atoms. The predicted molar refractivity (Wildman–Crippen MR) is 94.2 cm³/mol. The van der Waals surface area contributed by atoms with Crippen LogP contribution in [-0.2, 0) is 0 Å². The summed E-state index contributed by atoms with van der Waals surface area (Å²) in [6, 6.07) is 0. The molecule has 0 unspecified atom stereocenters. The summed E-state index contributed by atoms with van der Waals surface area (Å²) in [5.74, 6) is 0. The van der Waals surface area contributed by atoms with Crippen molar-refractivity contribution in [2.75, 3.05) is 0 Å². The molecule has 0 fully saturated rings. The van der Waals surface area contributed by atoms with Crippen LogP contribution in [0.3, 0.4) is 0 Å². The van der Waals surface area contributed by atoms with E-state index >= 15 is 0 Å². The van der Waals surface area contributed by atoms with Gasteiger partial charge in [0.2, 0.25) is 0 Å². The molecule has 116 valence electrons. The number of hydrogen-bond acceptors (Lipinski definition) is 0. The third-order valence-corrected chi connectivity index (χ3v) is 3.82. The molecule has 0 amide bonds. The van der Waals surface area contributed by atoms with E-state index in [2.05, 4.69) is 39.5 Å². The Bertz CT molecular complexity index is 280.